The van der Waals surface area contributed by atoms with Gasteiger partial charge in [-0.05, 0) is 18.9 Å². The van der Waals surface area contributed by atoms with Gasteiger partial charge < -0.3 is 0 Å². The van der Waals surface area contributed by atoms with Gasteiger partial charge in [0, 0.05) is 5.56 Å². The molecule has 1 unspecified atom stereocenters. The highest BCUT2D eigenvalue weighted by atomic mass is 35.5. The largest absolute Gasteiger partial charge is 0.293 e. The Balaban J connectivity index is 2.86. The van der Waals surface area contributed by atoms with Crippen molar-refractivity contribution >= 4 is 17.4 Å². The summed E-state index contributed by atoms with van der Waals surface area (Å²) in [5, 5.41) is -0.438. The van der Waals surface area contributed by atoms with Crippen molar-refractivity contribution in [3.05, 3.63) is 35.4 Å². The van der Waals surface area contributed by atoms with Gasteiger partial charge in [0.2, 0.25) is 0 Å². The number of carbonyl (C=O) groups is 1. The molecule has 70 valence electrons. The van der Waals surface area contributed by atoms with Gasteiger partial charge in [-0.25, -0.2) is 0 Å². The molecule has 0 saturated heterocycles. The van der Waals surface area contributed by atoms with E-state index in [1.54, 1.807) is 6.92 Å². The second kappa shape index (κ2) is 4.43. The van der Waals surface area contributed by atoms with Crippen LogP contribution in [-0.2, 0) is 6.42 Å². The molecule has 0 spiro atoms. The molecular weight excluding hydrogens is 184 g/mol. The van der Waals surface area contributed by atoms with E-state index >= 15 is 0 Å². The summed E-state index contributed by atoms with van der Waals surface area (Å²) < 4.78 is 0. The lowest BCUT2D eigenvalue weighted by Crippen LogP contribution is -2.10. The quantitative estimate of drug-likeness (QED) is 0.537. The number of halogens is 1. The summed E-state index contributed by atoms with van der Waals surface area (Å²) in [6.07, 6.45) is 0.991. The van der Waals surface area contributed by atoms with Crippen molar-refractivity contribution in [1.82, 2.24) is 0 Å². The van der Waals surface area contributed by atoms with Crippen LogP contribution in [0.1, 0.15) is 29.8 Å². The van der Waals surface area contributed by atoms with Crippen LogP contribution in [0.3, 0.4) is 0 Å². The molecule has 0 heterocycles. The number of rotatable bonds is 3. The molecule has 0 amide bonds. The molecule has 0 aliphatic carbocycles. The first-order valence-electron chi connectivity index (χ1n) is 4.42. The van der Waals surface area contributed by atoms with Gasteiger partial charge in [-0.3, -0.25) is 4.79 Å². The molecule has 0 radical (unpaired) electrons. The average molecular weight is 197 g/mol. The van der Waals surface area contributed by atoms with Crippen LogP contribution in [0.4, 0.5) is 0 Å². The van der Waals surface area contributed by atoms with Crippen molar-refractivity contribution < 1.29 is 4.79 Å². The maximum Gasteiger partial charge on any atom is 0.180 e. The van der Waals surface area contributed by atoms with Crippen molar-refractivity contribution in [2.75, 3.05) is 0 Å². The van der Waals surface area contributed by atoms with Crippen molar-refractivity contribution in [2.24, 2.45) is 0 Å². The number of hydrogen-bond acceptors (Lipinski definition) is 1. The van der Waals surface area contributed by atoms with Gasteiger partial charge >= 0.3 is 0 Å². The van der Waals surface area contributed by atoms with Crippen molar-refractivity contribution in [3.8, 4) is 0 Å². The average Bonchev–Trinajstić information content (AvgIpc) is 2.17. The van der Waals surface area contributed by atoms with E-state index in [0.717, 1.165) is 6.42 Å². The predicted octanol–water partition coefficient (Wildman–Crippen LogP) is 3.06. The van der Waals surface area contributed by atoms with Crippen LogP contribution >= 0.6 is 11.6 Å². The predicted molar refractivity (Wildman–Crippen MR) is 55.5 cm³/mol. The van der Waals surface area contributed by atoms with E-state index in [2.05, 4.69) is 6.92 Å². The summed E-state index contributed by atoms with van der Waals surface area (Å²) >= 11 is 5.69. The maximum absolute atomic E-state index is 11.4. The van der Waals surface area contributed by atoms with Gasteiger partial charge in [0.15, 0.2) is 5.78 Å². The second-order valence-corrected chi connectivity index (χ2v) is 3.69. The fraction of sp³-hybridized carbons (Fsp3) is 0.364. The van der Waals surface area contributed by atoms with E-state index in [1.165, 1.54) is 5.56 Å². The minimum atomic E-state index is -0.438. The zero-order valence-corrected chi connectivity index (χ0v) is 8.64. The van der Waals surface area contributed by atoms with E-state index in [9.17, 15) is 4.79 Å². The standard InChI is InChI=1S/C11H13ClO/c1-3-9-4-6-10(7-5-9)11(13)8(2)12/h4-8H,3H2,1-2H3. The minimum Gasteiger partial charge on any atom is -0.293 e. The lowest BCUT2D eigenvalue weighted by Gasteiger charge is -2.03. The lowest BCUT2D eigenvalue weighted by molar-refractivity contribution is 0.0992. The van der Waals surface area contributed by atoms with Crippen molar-refractivity contribution in [1.29, 1.82) is 0 Å². The molecule has 0 aromatic heterocycles. The van der Waals surface area contributed by atoms with Gasteiger partial charge in [0.1, 0.15) is 0 Å². The number of benzene rings is 1. The van der Waals surface area contributed by atoms with Gasteiger partial charge in [-0.2, -0.15) is 0 Å². The van der Waals surface area contributed by atoms with Gasteiger partial charge in [-0.15, -0.1) is 11.6 Å². The highest BCUT2D eigenvalue weighted by Crippen LogP contribution is 2.10. The van der Waals surface area contributed by atoms with Gasteiger partial charge in [-0.1, -0.05) is 31.2 Å². The fourth-order valence-electron chi connectivity index (χ4n) is 1.13. The normalized spacial score (nSPS) is 12.5. The first kappa shape index (κ1) is 10.3. The Labute approximate surface area is 83.7 Å². The zero-order chi connectivity index (χ0) is 9.84. The molecule has 0 N–H and O–H groups in total. The number of ketones is 1. The van der Waals surface area contributed by atoms with Crippen LogP contribution in [0.2, 0.25) is 0 Å². The zero-order valence-electron chi connectivity index (χ0n) is 7.88. The monoisotopic (exact) mass is 196 g/mol. The van der Waals surface area contributed by atoms with Crippen LogP contribution in [0, 0.1) is 0 Å². The Morgan fingerprint density at radius 2 is 1.92 bits per heavy atom. The van der Waals surface area contributed by atoms with E-state index in [1.807, 2.05) is 24.3 Å². The lowest BCUT2D eigenvalue weighted by atomic mass is 10.1. The Morgan fingerprint density at radius 3 is 2.31 bits per heavy atom. The highest BCUT2D eigenvalue weighted by Gasteiger charge is 2.11. The van der Waals surface area contributed by atoms with Crippen molar-refractivity contribution in [2.45, 2.75) is 25.6 Å². The summed E-state index contributed by atoms with van der Waals surface area (Å²) in [5.74, 6) is -0.00989. The third-order valence-corrected chi connectivity index (χ3v) is 2.21. The van der Waals surface area contributed by atoms with Crippen LogP contribution in [0.5, 0.6) is 0 Å². The Kier molecular flexibility index (Phi) is 3.49. The molecule has 1 rings (SSSR count). The van der Waals surface area contributed by atoms with Crippen LogP contribution in [0.25, 0.3) is 0 Å². The fourth-order valence-corrected chi connectivity index (χ4v) is 1.26. The van der Waals surface area contributed by atoms with Gasteiger partial charge in [0.25, 0.3) is 0 Å². The molecule has 2 heteroatoms. The summed E-state index contributed by atoms with van der Waals surface area (Å²) in [6.45, 7) is 3.78. The third-order valence-electron chi connectivity index (χ3n) is 2.01. The molecular formula is C11H13ClO. The Hall–Kier alpha value is -0.820. The van der Waals surface area contributed by atoms with Gasteiger partial charge in [0.05, 0.1) is 5.38 Å². The molecule has 0 aliphatic rings. The number of Topliss-reactive ketones (excluding diaryl/α,β-unsaturated/α-hetero) is 1. The smallest absolute Gasteiger partial charge is 0.180 e. The number of aryl methyl sites for hydroxylation is 1. The SMILES string of the molecule is CCc1ccc(C(=O)C(C)Cl)cc1. The first-order valence-corrected chi connectivity index (χ1v) is 4.86. The Morgan fingerprint density at radius 1 is 1.38 bits per heavy atom. The summed E-state index contributed by atoms with van der Waals surface area (Å²) in [6, 6.07) is 7.60. The maximum atomic E-state index is 11.4. The minimum absolute atomic E-state index is 0.00989. The van der Waals surface area contributed by atoms with E-state index < -0.39 is 5.38 Å². The molecule has 0 fully saturated rings. The number of alkyl halides is 1. The van der Waals surface area contributed by atoms with Crippen LogP contribution in [-0.4, -0.2) is 11.2 Å². The number of hydrogen-bond donors (Lipinski definition) is 0. The first-order chi connectivity index (χ1) is 6.15. The molecule has 13 heavy (non-hydrogen) atoms. The van der Waals surface area contributed by atoms with E-state index in [4.69, 9.17) is 11.6 Å². The van der Waals surface area contributed by atoms with E-state index in [-0.39, 0.29) is 5.78 Å². The van der Waals surface area contributed by atoms with E-state index in [0.29, 0.717) is 5.56 Å². The molecule has 0 saturated carbocycles. The molecule has 1 atom stereocenters. The molecule has 1 aromatic rings. The van der Waals surface area contributed by atoms with Crippen LogP contribution in [0.15, 0.2) is 24.3 Å². The van der Waals surface area contributed by atoms with Crippen molar-refractivity contribution in [3.63, 3.8) is 0 Å². The topological polar surface area (TPSA) is 17.1 Å². The summed E-state index contributed by atoms with van der Waals surface area (Å²) in [5.41, 5.74) is 1.93. The summed E-state index contributed by atoms with van der Waals surface area (Å²) in [4.78, 5) is 11.4. The van der Waals surface area contributed by atoms with Crippen LogP contribution < -0.4 is 0 Å². The summed E-state index contributed by atoms with van der Waals surface area (Å²) in [7, 11) is 0. The third kappa shape index (κ3) is 2.56. The molecule has 0 bridgehead atoms. The second-order valence-electron chi connectivity index (χ2n) is 3.03. The molecule has 0 aliphatic heterocycles. The highest BCUT2D eigenvalue weighted by molar-refractivity contribution is 6.33. The molecule has 1 nitrogen and oxygen atoms in total. The Bertz CT molecular complexity index is 287. The number of carbonyl (C=O) groups excluding carboxylic acids is 1. The molecule has 1 aromatic carbocycles.